The molecular formula is C24H23N3O3. The number of aromatic nitrogens is 2. The summed E-state index contributed by atoms with van der Waals surface area (Å²) in [6.07, 6.45) is 3.00. The summed E-state index contributed by atoms with van der Waals surface area (Å²) in [4.78, 5) is 26.7. The fourth-order valence-corrected chi connectivity index (χ4v) is 4.95. The maximum absolute atomic E-state index is 13.0. The van der Waals surface area contributed by atoms with Crippen LogP contribution in [0.2, 0.25) is 0 Å². The van der Waals surface area contributed by atoms with Gasteiger partial charge in [0, 0.05) is 19.0 Å². The molecule has 6 heteroatoms. The first-order chi connectivity index (χ1) is 14.6. The van der Waals surface area contributed by atoms with Gasteiger partial charge in [0.2, 0.25) is 5.43 Å². The van der Waals surface area contributed by atoms with Gasteiger partial charge in [-0.1, -0.05) is 48.5 Å². The number of amides is 1. The molecule has 1 atom stereocenters. The average molecular weight is 401 g/mol. The van der Waals surface area contributed by atoms with Crippen molar-refractivity contribution in [3.8, 4) is 5.75 Å². The number of likely N-dealkylation sites (N-methyl/N-ethyl adjacent to an activating group) is 1. The van der Waals surface area contributed by atoms with Gasteiger partial charge in [0.25, 0.3) is 5.91 Å². The Hall–Kier alpha value is -3.41. The van der Waals surface area contributed by atoms with Crippen molar-refractivity contribution in [3.05, 3.63) is 92.9 Å². The van der Waals surface area contributed by atoms with Crippen molar-refractivity contribution in [2.75, 3.05) is 13.1 Å². The summed E-state index contributed by atoms with van der Waals surface area (Å²) in [5, 5.41) is 14.8. The third-order valence-electron chi connectivity index (χ3n) is 6.41. The lowest BCUT2D eigenvalue weighted by Crippen LogP contribution is -2.47. The van der Waals surface area contributed by atoms with Crippen LogP contribution in [-0.2, 0) is 12.8 Å². The van der Waals surface area contributed by atoms with Gasteiger partial charge < -0.3 is 10.0 Å². The van der Waals surface area contributed by atoms with E-state index in [1.165, 1.54) is 22.3 Å². The molecule has 30 heavy (non-hydrogen) atoms. The first-order valence-electron chi connectivity index (χ1n) is 10.4. The minimum absolute atomic E-state index is 0.0141. The molecular weight excluding hydrogens is 378 g/mol. The van der Waals surface area contributed by atoms with E-state index in [4.69, 9.17) is 0 Å². The number of hydrogen-bond donors (Lipinski definition) is 1. The number of nitrogens with zero attached hydrogens (tertiary/aromatic N) is 3. The van der Waals surface area contributed by atoms with Crippen LogP contribution in [0.5, 0.6) is 5.75 Å². The number of benzene rings is 2. The molecule has 1 N–H and O–H groups in total. The normalized spacial score (nSPS) is 18.4. The molecule has 1 aromatic heterocycles. The van der Waals surface area contributed by atoms with Crippen LogP contribution >= 0.6 is 0 Å². The number of aromatic hydroxyl groups is 1. The molecule has 2 heterocycles. The molecule has 0 bridgehead atoms. The summed E-state index contributed by atoms with van der Waals surface area (Å²) in [5.41, 5.74) is 4.34. The zero-order chi connectivity index (χ0) is 20.8. The standard InChI is InChI=1S/C24H23N3O3/c1-2-26-14-19(27-22(24(26)30)23(29)20(28)13-25-27)21-17-9-5-3-7-15(17)11-12-16-8-4-6-10-18(16)21/h3-10,13,19,21,29H,2,11-12,14H2,1H3. The van der Waals surface area contributed by atoms with Crippen molar-refractivity contribution >= 4 is 5.91 Å². The van der Waals surface area contributed by atoms with Crippen LogP contribution in [0.1, 0.15) is 51.6 Å². The first-order valence-corrected chi connectivity index (χ1v) is 10.4. The third kappa shape index (κ3) is 2.75. The van der Waals surface area contributed by atoms with E-state index in [1.807, 2.05) is 19.1 Å². The van der Waals surface area contributed by atoms with Crippen LogP contribution in [0.3, 0.4) is 0 Å². The highest BCUT2D eigenvalue weighted by atomic mass is 16.3. The Morgan fingerprint density at radius 3 is 2.20 bits per heavy atom. The molecule has 2 aromatic carbocycles. The molecule has 1 aliphatic carbocycles. The molecule has 152 valence electrons. The summed E-state index contributed by atoms with van der Waals surface area (Å²) in [6.45, 7) is 2.87. The van der Waals surface area contributed by atoms with Gasteiger partial charge in [-0.3, -0.25) is 14.3 Å². The predicted octanol–water partition coefficient (Wildman–Crippen LogP) is 2.90. The van der Waals surface area contributed by atoms with Crippen molar-refractivity contribution < 1.29 is 9.90 Å². The van der Waals surface area contributed by atoms with E-state index in [0.717, 1.165) is 19.0 Å². The second-order valence-electron chi connectivity index (χ2n) is 7.94. The second-order valence-corrected chi connectivity index (χ2v) is 7.94. The van der Waals surface area contributed by atoms with E-state index >= 15 is 0 Å². The number of aryl methyl sites for hydroxylation is 2. The molecule has 1 amide bonds. The Balaban J connectivity index is 1.78. The Labute approximate surface area is 174 Å². The largest absolute Gasteiger partial charge is 0.502 e. The Bertz CT molecular complexity index is 1150. The van der Waals surface area contributed by atoms with Crippen LogP contribution in [0, 0.1) is 0 Å². The van der Waals surface area contributed by atoms with Gasteiger partial charge in [-0.05, 0) is 42.0 Å². The second kappa shape index (κ2) is 7.13. The molecule has 5 rings (SSSR count). The summed E-state index contributed by atoms with van der Waals surface area (Å²) in [6, 6.07) is 16.6. The number of carbonyl (C=O) groups is 1. The summed E-state index contributed by atoms with van der Waals surface area (Å²) in [5.74, 6) is -0.921. The fraction of sp³-hybridized carbons (Fsp3) is 0.292. The number of carbonyl (C=O) groups excluding carboxylic acids is 1. The zero-order valence-corrected chi connectivity index (χ0v) is 16.8. The van der Waals surface area contributed by atoms with Gasteiger partial charge >= 0.3 is 0 Å². The van der Waals surface area contributed by atoms with Crippen LogP contribution < -0.4 is 5.43 Å². The van der Waals surface area contributed by atoms with Gasteiger partial charge in [-0.15, -0.1) is 0 Å². The van der Waals surface area contributed by atoms with Gasteiger partial charge in [0.05, 0.1) is 12.2 Å². The van der Waals surface area contributed by atoms with Crippen molar-refractivity contribution in [2.45, 2.75) is 31.7 Å². The third-order valence-corrected chi connectivity index (χ3v) is 6.41. The lowest BCUT2D eigenvalue weighted by Gasteiger charge is -2.39. The van der Waals surface area contributed by atoms with Gasteiger partial charge in [-0.25, -0.2) is 0 Å². The SMILES string of the molecule is CCN1CC(C2c3ccccc3CCc3ccccc32)n2ncc(=O)c(O)c2C1=O. The van der Waals surface area contributed by atoms with E-state index in [0.29, 0.717) is 13.1 Å². The quantitative estimate of drug-likeness (QED) is 0.717. The molecule has 0 saturated heterocycles. The molecule has 1 unspecified atom stereocenters. The Kier molecular flexibility index (Phi) is 4.42. The van der Waals surface area contributed by atoms with Gasteiger partial charge in [0.15, 0.2) is 11.4 Å². The molecule has 0 spiro atoms. The van der Waals surface area contributed by atoms with Crippen molar-refractivity contribution in [2.24, 2.45) is 0 Å². The number of fused-ring (bicyclic) bond motifs is 3. The number of rotatable bonds is 2. The minimum atomic E-state index is -0.632. The zero-order valence-electron chi connectivity index (χ0n) is 16.8. The highest BCUT2D eigenvalue weighted by molar-refractivity contribution is 5.95. The topological polar surface area (TPSA) is 75.4 Å². The van der Waals surface area contributed by atoms with Crippen molar-refractivity contribution in [1.82, 2.24) is 14.7 Å². The van der Waals surface area contributed by atoms with E-state index in [-0.39, 0.29) is 23.6 Å². The van der Waals surface area contributed by atoms with Crippen LogP contribution in [0.15, 0.2) is 59.5 Å². The molecule has 0 fully saturated rings. The Morgan fingerprint density at radius 2 is 1.60 bits per heavy atom. The summed E-state index contributed by atoms with van der Waals surface area (Å²) in [7, 11) is 0. The van der Waals surface area contributed by atoms with E-state index in [2.05, 4.69) is 41.5 Å². The maximum atomic E-state index is 13.0. The highest BCUT2D eigenvalue weighted by Crippen LogP contribution is 2.43. The lowest BCUT2D eigenvalue weighted by atomic mass is 9.81. The molecule has 6 nitrogen and oxygen atoms in total. The maximum Gasteiger partial charge on any atom is 0.276 e. The molecule has 3 aromatic rings. The smallest absolute Gasteiger partial charge is 0.276 e. The Morgan fingerprint density at radius 1 is 1.00 bits per heavy atom. The number of hydrogen-bond acceptors (Lipinski definition) is 4. The van der Waals surface area contributed by atoms with E-state index < -0.39 is 11.2 Å². The monoisotopic (exact) mass is 401 g/mol. The molecule has 0 saturated carbocycles. The van der Waals surface area contributed by atoms with E-state index in [9.17, 15) is 14.7 Å². The summed E-state index contributed by atoms with van der Waals surface area (Å²) >= 11 is 0. The van der Waals surface area contributed by atoms with Gasteiger partial charge in [0.1, 0.15) is 0 Å². The van der Waals surface area contributed by atoms with Crippen LogP contribution in [0.4, 0.5) is 0 Å². The molecule has 0 radical (unpaired) electrons. The first kappa shape index (κ1) is 18.6. The van der Waals surface area contributed by atoms with E-state index in [1.54, 1.807) is 9.58 Å². The lowest BCUT2D eigenvalue weighted by molar-refractivity contribution is 0.0646. The van der Waals surface area contributed by atoms with Gasteiger partial charge in [-0.2, -0.15) is 5.10 Å². The van der Waals surface area contributed by atoms with Crippen molar-refractivity contribution in [3.63, 3.8) is 0 Å². The fourth-order valence-electron chi connectivity index (χ4n) is 4.95. The molecule has 1 aliphatic heterocycles. The molecule has 2 aliphatic rings. The predicted molar refractivity (Wildman–Crippen MR) is 113 cm³/mol. The minimum Gasteiger partial charge on any atom is -0.502 e. The van der Waals surface area contributed by atoms with Crippen LogP contribution in [0.25, 0.3) is 0 Å². The van der Waals surface area contributed by atoms with Crippen molar-refractivity contribution in [1.29, 1.82) is 0 Å². The van der Waals surface area contributed by atoms with Crippen LogP contribution in [-0.4, -0.2) is 38.8 Å². The highest BCUT2D eigenvalue weighted by Gasteiger charge is 2.40. The average Bonchev–Trinajstić information content (AvgIpc) is 2.93. The summed E-state index contributed by atoms with van der Waals surface area (Å²) < 4.78 is 1.58.